The lowest BCUT2D eigenvalue weighted by Crippen LogP contribution is -2.15. The number of carbonyl (C=O) groups is 1. The summed E-state index contributed by atoms with van der Waals surface area (Å²) in [6.07, 6.45) is 0.529. The fraction of sp³-hybridized carbons (Fsp3) is 0.364. The number of aryl methyl sites for hydroxylation is 2. The molecule has 1 N–H and O–H groups in total. The van der Waals surface area contributed by atoms with E-state index < -0.39 is 10.8 Å². The quantitative estimate of drug-likeness (QED) is 0.845. The second kappa shape index (κ2) is 4.60. The van der Waals surface area contributed by atoms with Gasteiger partial charge in [-0.05, 0) is 31.4 Å². The minimum atomic E-state index is -0.815. The molecule has 76 valence electrons. The maximum absolute atomic E-state index is 10.6. The van der Waals surface area contributed by atoms with Crippen molar-refractivity contribution in [3.63, 3.8) is 0 Å². The number of aliphatic carboxylic acids is 1. The van der Waals surface area contributed by atoms with E-state index in [1.165, 1.54) is 5.56 Å². The largest absolute Gasteiger partial charge is 0.480 e. The van der Waals surface area contributed by atoms with Crippen LogP contribution < -0.4 is 0 Å². The van der Waals surface area contributed by atoms with Crippen molar-refractivity contribution in [1.29, 1.82) is 0 Å². The van der Waals surface area contributed by atoms with Crippen LogP contribution in [0.1, 0.15) is 16.7 Å². The van der Waals surface area contributed by atoms with Gasteiger partial charge in [-0.15, -0.1) is 0 Å². The molecule has 0 aliphatic rings. The SMILES string of the molecule is Cc1ccc(CC(Br)C(=O)O)c(C)c1. The molecule has 0 aliphatic heterocycles. The molecule has 0 spiro atoms. The molecule has 0 aromatic heterocycles. The number of halogens is 1. The summed E-state index contributed by atoms with van der Waals surface area (Å²) >= 11 is 3.13. The van der Waals surface area contributed by atoms with Crippen molar-refractivity contribution in [1.82, 2.24) is 0 Å². The molecule has 0 bridgehead atoms. The first-order chi connectivity index (χ1) is 6.50. The number of hydrogen-bond donors (Lipinski definition) is 1. The molecule has 0 radical (unpaired) electrons. The van der Waals surface area contributed by atoms with E-state index in [-0.39, 0.29) is 0 Å². The topological polar surface area (TPSA) is 37.3 Å². The van der Waals surface area contributed by atoms with Gasteiger partial charge in [0, 0.05) is 0 Å². The van der Waals surface area contributed by atoms with Crippen molar-refractivity contribution in [2.24, 2.45) is 0 Å². The van der Waals surface area contributed by atoms with Crippen molar-refractivity contribution in [2.75, 3.05) is 0 Å². The standard InChI is InChI=1S/C11H13BrO2/c1-7-3-4-9(8(2)5-7)6-10(12)11(13)14/h3-5,10H,6H2,1-2H3,(H,13,14). The molecule has 1 aromatic carbocycles. The molecule has 3 heteroatoms. The van der Waals surface area contributed by atoms with Crippen molar-refractivity contribution in [3.05, 3.63) is 34.9 Å². The van der Waals surface area contributed by atoms with Gasteiger partial charge < -0.3 is 5.11 Å². The first-order valence-corrected chi connectivity index (χ1v) is 5.35. The lowest BCUT2D eigenvalue weighted by molar-refractivity contribution is -0.136. The summed E-state index contributed by atoms with van der Waals surface area (Å²) in [4.78, 5) is 10.1. The van der Waals surface area contributed by atoms with Crippen LogP contribution in [-0.4, -0.2) is 15.9 Å². The van der Waals surface area contributed by atoms with Gasteiger partial charge in [-0.25, -0.2) is 0 Å². The maximum atomic E-state index is 10.6. The highest BCUT2D eigenvalue weighted by Gasteiger charge is 2.14. The van der Waals surface area contributed by atoms with E-state index in [0.29, 0.717) is 6.42 Å². The average molecular weight is 257 g/mol. The zero-order chi connectivity index (χ0) is 10.7. The van der Waals surface area contributed by atoms with Gasteiger partial charge >= 0.3 is 5.97 Å². The molecule has 0 aliphatic carbocycles. The van der Waals surface area contributed by atoms with Crippen molar-refractivity contribution >= 4 is 21.9 Å². The third-order valence-electron chi connectivity index (χ3n) is 2.17. The third kappa shape index (κ3) is 2.84. The van der Waals surface area contributed by atoms with Gasteiger partial charge in [0.15, 0.2) is 0 Å². The van der Waals surface area contributed by atoms with Crippen LogP contribution in [0.25, 0.3) is 0 Å². The second-order valence-electron chi connectivity index (χ2n) is 3.44. The molecule has 1 aromatic rings. The number of rotatable bonds is 3. The van der Waals surface area contributed by atoms with Crippen LogP contribution in [0.5, 0.6) is 0 Å². The Morgan fingerprint density at radius 2 is 2.14 bits per heavy atom. The Labute approximate surface area is 92.1 Å². The summed E-state index contributed by atoms with van der Waals surface area (Å²) in [6.45, 7) is 4.03. The highest BCUT2D eigenvalue weighted by Crippen LogP contribution is 2.15. The van der Waals surface area contributed by atoms with Crippen LogP contribution in [0.2, 0.25) is 0 Å². The predicted molar refractivity (Wildman–Crippen MR) is 60.0 cm³/mol. The van der Waals surface area contributed by atoms with Gasteiger partial charge in [-0.2, -0.15) is 0 Å². The van der Waals surface area contributed by atoms with E-state index >= 15 is 0 Å². The second-order valence-corrected chi connectivity index (χ2v) is 4.55. The van der Waals surface area contributed by atoms with Crippen LogP contribution in [0.4, 0.5) is 0 Å². The lowest BCUT2D eigenvalue weighted by atomic mass is 10.0. The molecule has 1 atom stereocenters. The minimum Gasteiger partial charge on any atom is -0.480 e. The molecule has 14 heavy (non-hydrogen) atoms. The van der Waals surface area contributed by atoms with E-state index in [0.717, 1.165) is 11.1 Å². The molecule has 0 saturated heterocycles. The van der Waals surface area contributed by atoms with Gasteiger partial charge in [0.25, 0.3) is 0 Å². The van der Waals surface area contributed by atoms with Crippen LogP contribution in [0, 0.1) is 13.8 Å². The minimum absolute atomic E-state index is 0.496. The van der Waals surface area contributed by atoms with Crippen LogP contribution in [-0.2, 0) is 11.2 Å². The smallest absolute Gasteiger partial charge is 0.317 e. The van der Waals surface area contributed by atoms with E-state index in [9.17, 15) is 4.79 Å². The van der Waals surface area contributed by atoms with Crippen molar-refractivity contribution in [3.8, 4) is 0 Å². The molecule has 1 unspecified atom stereocenters. The summed E-state index contributed by atoms with van der Waals surface area (Å²) in [6, 6.07) is 6.06. The van der Waals surface area contributed by atoms with Gasteiger partial charge in [0.1, 0.15) is 4.83 Å². The number of alkyl halides is 1. The predicted octanol–water partition coefficient (Wildman–Crippen LogP) is 2.69. The fourth-order valence-corrected chi connectivity index (χ4v) is 1.70. The highest BCUT2D eigenvalue weighted by atomic mass is 79.9. The van der Waals surface area contributed by atoms with E-state index in [2.05, 4.69) is 22.0 Å². The Kier molecular flexibility index (Phi) is 3.69. The highest BCUT2D eigenvalue weighted by molar-refractivity contribution is 9.10. The van der Waals surface area contributed by atoms with E-state index in [4.69, 9.17) is 5.11 Å². The lowest BCUT2D eigenvalue weighted by Gasteiger charge is -2.08. The zero-order valence-corrected chi connectivity index (χ0v) is 9.84. The Hall–Kier alpha value is -0.830. The Morgan fingerprint density at radius 3 is 2.64 bits per heavy atom. The summed E-state index contributed by atoms with van der Waals surface area (Å²) in [5.41, 5.74) is 3.43. The van der Waals surface area contributed by atoms with Crippen LogP contribution >= 0.6 is 15.9 Å². The first-order valence-electron chi connectivity index (χ1n) is 4.43. The Bertz CT molecular complexity index is 347. The normalized spacial score (nSPS) is 12.5. The zero-order valence-electron chi connectivity index (χ0n) is 8.25. The molecule has 0 heterocycles. The summed E-state index contributed by atoms with van der Waals surface area (Å²) in [5.74, 6) is -0.815. The van der Waals surface area contributed by atoms with Gasteiger partial charge in [-0.3, -0.25) is 4.79 Å². The number of hydrogen-bond acceptors (Lipinski definition) is 1. The molecule has 0 fully saturated rings. The van der Waals surface area contributed by atoms with Crippen LogP contribution in [0.15, 0.2) is 18.2 Å². The molecular formula is C11H13BrO2. The summed E-state index contributed by atoms with van der Waals surface area (Å²) < 4.78 is 0. The number of carboxylic acids is 1. The molecular weight excluding hydrogens is 244 g/mol. The monoisotopic (exact) mass is 256 g/mol. The fourth-order valence-electron chi connectivity index (χ4n) is 1.36. The first kappa shape index (κ1) is 11.2. The Balaban J connectivity index is 2.82. The van der Waals surface area contributed by atoms with Gasteiger partial charge in [0.2, 0.25) is 0 Å². The maximum Gasteiger partial charge on any atom is 0.317 e. The van der Waals surface area contributed by atoms with Gasteiger partial charge in [0.05, 0.1) is 0 Å². The molecule has 2 nitrogen and oxygen atoms in total. The molecule has 0 saturated carbocycles. The van der Waals surface area contributed by atoms with Crippen LogP contribution in [0.3, 0.4) is 0 Å². The van der Waals surface area contributed by atoms with Gasteiger partial charge in [-0.1, -0.05) is 39.7 Å². The average Bonchev–Trinajstić information content (AvgIpc) is 2.09. The Morgan fingerprint density at radius 1 is 1.50 bits per heavy atom. The van der Waals surface area contributed by atoms with Crippen molar-refractivity contribution in [2.45, 2.75) is 25.1 Å². The molecule has 0 amide bonds. The third-order valence-corrected chi connectivity index (χ3v) is 2.88. The molecule has 1 rings (SSSR count). The van der Waals surface area contributed by atoms with Crippen molar-refractivity contribution < 1.29 is 9.90 Å². The summed E-state index contributed by atoms with van der Waals surface area (Å²) in [7, 11) is 0. The summed E-state index contributed by atoms with van der Waals surface area (Å²) in [5, 5.41) is 8.74. The number of benzene rings is 1. The van der Waals surface area contributed by atoms with E-state index in [1.54, 1.807) is 0 Å². The van der Waals surface area contributed by atoms with E-state index in [1.807, 2.05) is 26.0 Å². The number of carboxylic acid groups (broad SMARTS) is 1.